The van der Waals surface area contributed by atoms with Crippen LogP contribution in [0.25, 0.3) is 0 Å². The lowest BCUT2D eigenvalue weighted by Gasteiger charge is -2.43. The van der Waals surface area contributed by atoms with E-state index in [1.54, 1.807) is 6.92 Å². The highest BCUT2D eigenvalue weighted by atomic mass is 28.5. The molecule has 0 atom stereocenters. The monoisotopic (exact) mass is 392 g/mol. The summed E-state index contributed by atoms with van der Waals surface area (Å²) < 4.78 is 25.0. The Hall–Kier alpha value is -0.0825. The van der Waals surface area contributed by atoms with Gasteiger partial charge in [0, 0.05) is 12.1 Å². The molecular weight excluding hydrogens is 362 g/mol. The van der Waals surface area contributed by atoms with Gasteiger partial charge in [-0.15, -0.1) is 0 Å². The number of amides is 1. The highest BCUT2D eigenvalue weighted by molar-refractivity contribution is 6.89. The lowest BCUT2D eigenvalue weighted by molar-refractivity contribution is -0.117. The first kappa shape index (κ1) is 21.0. The Labute approximate surface area is 145 Å². The molecule has 0 bridgehead atoms. The minimum absolute atomic E-state index is 0.106. The standard InChI is InChI=1S/C13H30NO5Si4/c1-12(2)13(15)14-10-9-11-20-16-21(3,4)18-23(7,8)19-22(5,6)17-20/h1,9-11H2,2-8H3,(H,14,15). The van der Waals surface area contributed by atoms with E-state index in [0.717, 1.165) is 12.5 Å². The lowest BCUT2D eigenvalue weighted by atomic mass is 10.3. The quantitative estimate of drug-likeness (QED) is 0.443. The molecule has 23 heavy (non-hydrogen) atoms. The van der Waals surface area contributed by atoms with Crippen LogP contribution in [-0.2, 0) is 21.3 Å². The van der Waals surface area contributed by atoms with E-state index in [0.29, 0.717) is 12.1 Å². The van der Waals surface area contributed by atoms with E-state index < -0.39 is 35.0 Å². The van der Waals surface area contributed by atoms with Gasteiger partial charge >= 0.3 is 35.0 Å². The summed E-state index contributed by atoms with van der Waals surface area (Å²) in [6.07, 6.45) is 0.809. The fraction of sp³-hybridized carbons (Fsp3) is 0.769. The molecule has 0 aromatic rings. The number of hydrogen-bond acceptors (Lipinski definition) is 5. The largest absolute Gasteiger partial charge is 0.416 e. The zero-order valence-corrected chi connectivity index (χ0v) is 19.4. The van der Waals surface area contributed by atoms with Crippen molar-refractivity contribution in [2.45, 2.75) is 58.7 Å². The molecule has 0 aliphatic carbocycles. The summed E-state index contributed by atoms with van der Waals surface area (Å²) in [6.45, 7) is 18.2. The average molecular weight is 393 g/mol. The van der Waals surface area contributed by atoms with Gasteiger partial charge in [-0.05, 0) is 58.7 Å². The molecule has 1 aliphatic rings. The van der Waals surface area contributed by atoms with Gasteiger partial charge in [0.25, 0.3) is 0 Å². The second-order valence-corrected chi connectivity index (χ2v) is 20.0. The van der Waals surface area contributed by atoms with Crippen LogP contribution in [0.5, 0.6) is 0 Å². The van der Waals surface area contributed by atoms with Gasteiger partial charge in [0.05, 0.1) is 0 Å². The average Bonchev–Trinajstić information content (AvgIpc) is 2.28. The van der Waals surface area contributed by atoms with Crippen molar-refractivity contribution in [3.8, 4) is 0 Å². The van der Waals surface area contributed by atoms with Gasteiger partial charge in [0.2, 0.25) is 5.91 Å². The van der Waals surface area contributed by atoms with Crippen molar-refractivity contribution in [1.82, 2.24) is 5.32 Å². The summed E-state index contributed by atoms with van der Waals surface area (Å²) in [6, 6.07) is 0.794. The van der Waals surface area contributed by atoms with E-state index >= 15 is 0 Å². The van der Waals surface area contributed by atoms with Crippen LogP contribution in [0.2, 0.25) is 45.3 Å². The van der Waals surface area contributed by atoms with E-state index in [9.17, 15) is 4.79 Å². The van der Waals surface area contributed by atoms with Crippen molar-refractivity contribution in [3.63, 3.8) is 0 Å². The Balaban J connectivity index is 2.60. The smallest absolute Gasteiger partial charge is 0.365 e. The molecule has 0 aromatic carbocycles. The molecule has 1 aliphatic heterocycles. The van der Waals surface area contributed by atoms with Crippen molar-refractivity contribution in [3.05, 3.63) is 12.2 Å². The Morgan fingerprint density at radius 2 is 1.48 bits per heavy atom. The number of carbonyl (C=O) groups is 1. The zero-order chi connectivity index (χ0) is 17.9. The molecule has 1 saturated heterocycles. The molecule has 133 valence electrons. The van der Waals surface area contributed by atoms with Gasteiger partial charge in [-0.3, -0.25) is 4.79 Å². The van der Waals surface area contributed by atoms with Crippen molar-refractivity contribution < 1.29 is 21.3 Å². The summed E-state index contributed by atoms with van der Waals surface area (Å²) >= 11 is 0. The molecule has 0 aromatic heterocycles. The molecule has 1 amide bonds. The maximum atomic E-state index is 11.5. The third-order valence-corrected chi connectivity index (χ3v) is 17.3. The van der Waals surface area contributed by atoms with Crippen LogP contribution in [-0.4, -0.2) is 47.4 Å². The zero-order valence-electron chi connectivity index (χ0n) is 15.4. The first-order valence-corrected chi connectivity index (χ1v) is 17.9. The fourth-order valence-electron chi connectivity index (χ4n) is 2.50. The summed E-state index contributed by atoms with van der Waals surface area (Å²) in [5.41, 5.74) is 0.522. The van der Waals surface area contributed by atoms with Crippen molar-refractivity contribution >= 4 is 40.9 Å². The van der Waals surface area contributed by atoms with Crippen LogP contribution in [0.4, 0.5) is 0 Å². The second kappa shape index (κ2) is 7.87. The maximum absolute atomic E-state index is 11.5. The first-order chi connectivity index (χ1) is 10.3. The summed E-state index contributed by atoms with van der Waals surface area (Å²) in [5, 5.41) is 2.84. The summed E-state index contributed by atoms with van der Waals surface area (Å²) in [7, 11) is -8.19. The Bertz CT molecular complexity index is 434. The molecule has 0 spiro atoms. The Morgan fingerprint density at radius 1 is 1.00 bits per heavy atom. The van der Waals surface area contributed by atoms with Crippen LogP contribution >= 0.6 is 0 Å². The van der Waals surface area contributed by atoms with Crippen LogP contribution in [0.1, 0.15) is 13.3 Å². The maximum Gasteiger partial charge on any atom is 0.365 e. The highest BCUT2D eigenvalue weighted by Crippen LogP contribution is 2.27. The predicted molar refractivity (Wildman–Crippen MR) is 99.8 cm³/mol. The molecule has 10 heteroatoms. The van der Waals surface area contributed by atoms with E-state index in [1.807, 2.05) is 39.3 Å². The van der Waals surface area contributed by atoms with E-state index in [2.05, 4.69) is 11.9 Å². The topological polar surface area (TPSA) is 66.0 Å². The van der Waals surface area contributed by atoms with Crippen LogP contribution in [0, 0.1) is 0 Å². The molecular formula is C13H30NO5Si4. The third kappa shape index (κ3) is 8.02. The highest BCUT2D eigenvalue weighted by Gasteiger charge is 2.47. The fourth-order valence-corrected chi connectivity index (χ4v) is 19.8. The van der Waals surface area contributed by atoms with Crippen LogP contribution in [0.15, 0.2) is 12.2 Å². The number of rotatable bonds is 5. The number of carbonyl (C=O) groups excluding carboxylic acids is 1. The van der Waals surface area contributed by atoms with E-state index in [-0.39, 0.29) is 5.91 Å². The van der Waals surface area contributed by atoms with Gasteiger partial charge in [-0.1, -0.05) is 6.58 Å². The molecule has 6 nitrogen and oxygen atoms in total. The Morgan fingerprint density at radius 3 is 1.91 bits per heavy atom. The van der Waals surface area contributed by atoms with Gasteiger partial charge < -0.3 is 21.8 Å². The molecule has 1 radical (unpaired) electrons. The molecule has 1 heterocycles. The molecule has 1 N–H and O–H groups in total. The molecule has 0 saturated carbocycles. The number of hydrogen-bond donors (Lipinski definition) is 1. The number of nitrogens with one attached hydrogen (secondary N) is 1. The summed E-state index contributed by atoms with van der Waals surface area (Å²) in [5.74, 6) is -0.106. The van der Waals surface area contributed by atoms with Gasteiger partial charge in [0.1, 0.15) is 0 Å². The van der Waals surface area contributed by atoms with Crippen LogP contribution < -0.4 is 5.32 Å². The Kier molecular flexibility index (Phi) is 7.17. The third-order valence-electron chi connectivity index (χ3n) is 2.93. The SMILES string of the molecule is C=C(C)C(=O)NCCC[Si]1O[Si](C)(C)O[Si](C)(C)O[Si](C)(C)O1. The minimum Gasteiger partial charge on any atom is -0.416 e. The molecule has 1 fully saturated rings. The first-order valence-electron chi connectivity index (χ1n) is 7.90. The van der Waals surface area contributed by atoms with Gasteiger partial charge in [0.15, 0.2) is 0 Å². The second-order valence-electron chi connectivity index (χ2n) is 7.12. The van der Waals surface area contributed by atoms with Gasteiger partial charge in [-0.2, -0.15) is 0 Å². The molecule has 1 rings (SSSR count). The lowest BCUT2D eigenvalue weighted by Crippen LogP contribution is -2.61. The molecule has 0 unspecified atom stereocenters. The summed E-state index contributed by atoms with van der Waals surface area (Å²) in [4.78, 5) is 11.5. The van der Waals surface area contributed by atoms with Crippen molar-refractivity contribution in [2.75, 3.05) is 6.54 Å². The van der Waals surface area contributed by atoms with Crippen molar-refractivity contribution in [2.24, 2.45) is 0 Å². The predicted octanol–water partition coefficient (Wildman–Crippen LogP) is 2.74. The minimum atomic E-state index is -2.26. The normalized spacial score (nSPS) is 23.6. The van der Waals surface area contributed by atoms with Crippen LogP contribution in [0.3, 0.4) is 0 Å². The van der Waals surface area contributed by atoms with E-state index in [1.165, 1.54) is 0 Å². The van der Waals surface area contributed by atoms with Crippen molar-refractivity contribution in [1.29, 1.82) is 0 Å². The van der Waals surface area contributed by atoms with E-state index in [4.69, 9.17) is 16.5 Å². The van der Waals surface area contributed by atoms with Gasteiger partial charge in [-0.25, -0.2) is 0 Å².